The lowest BCUT2D eigenvalue weighted by molar-refractivity contribution is 0.584. The third kappa shape index (κ3) is 4.50. The summed E-state index contributed by atoms with van der Waals surface area (Å²) < 4.78 is 28.7. The van der Waals surface area contributed by atoms with E-state index in [0.29, 0.717) is 22.0 Å². The fourth-order valence-corrected chi connectivity index (χ4v) is 5.13. The van der Waals surface area contributed by atoms with Gasteiger partial charge in [-0.2, -0.15) is 0 Å². The number of anilines is 2. The summed E-state index contributed by atoms with van der Waals surface area (Å²) in [6, 6.07) is 18.1. The van der Waals surface area contributed by atoms with Crippen molar-refractivity contribution in [2.45, 2.75) is 4.90 Å². The van der Waals surface area contributed by atoms with Crippen LogP contribution in [0.3, 0.4) is 0 Å². The van der Waals surface area contributed by atoms with E-state index >= 15 is 0 Å². The van der Waals surface area contributed by atoms with Gasteiger partial charge in [0.1, 0.15) is 10.7 Å². The van der Waals surface area contributed by atoms with Crippen molar-refractivity contribution in [2.75, 3.05) is 35.8 Å². The zero-order chi connectivity index (χ0) is 22.8. The van der Waals surface area contributed by atoms with Gasteiger partial charge in [-0.3, -0.25) is 9.71 Å². The zero-order valence-electron chi connectivity index (χ0n) is 17.7. The first kappa shape index (κ1) is 21.6. The second kappa shape index (κ2) is 8.97. The lowest BCUT2D eigenvalue weighted by atomic mass is 10.0. The van der Waals surface area contributed by atoms with Crippen LogP contribution in [0.25, 0.3) is 22.0 Å². The van der Waals surface area contributed by atoms with Crippen molar-refractivity contribution in [1.82, 2.24) is 15.3 Å². The van der Waals surface area contributed by atoms with Crippen molar-refractivity contribution >= 4 is 43.9 Å². The molecule has 0 aliphatic carbocycles. The molecule has 7 nitrogen and oxygen atoms in total. The van der Waals surface area contributed by atoms with Crippen LogP contribution in [0.1, 0.15) is 0 Å². The van der Waals surface area contributed by atoms with Gasteiger partial charge in [-0.15, -0.1) is 0 Å². The minimum absolute atomic E-state index is 0.0983. The molecule has 1 fully saturated rings. The number of hydrogen-bond acceptors (Lipinski definition) is 6. The molecule has 1 saturated heterocycles. The fraction of sp³-hybridized carbons (Fsp3) is 0.167. The Morgan fingerprint density at radius 2 is 1.79 bits per heavy atom. The maximum absolute atomic E-state index is 13.0. The molecular weight excluding hydrogens is 458 g/mol. The van der Waals surface area contributed by atoms with E-state index in [2.05, 4.69) is 24.9 Å². The lowest BCUT2D eigenvalue weighted by Gasteiger charge is -2.28. The number of sulfonamides is 1. The SMILES string of the molecule is O=S(=O)(Nc1ccc(Cl)c(-c2nccc3ccccc23)c1)c1ccc(N2CCNCC2)nc1. The number of nitrogens with zero attached hydrogens (tertiary/aromatic N) is 3. The predicted octanol–water partition coefficient (Wildman–Crippen LogP) is 4.16. The summed E-state index contributed by atoms with van der Waals surface area (Å²) >= 11 is 6.47. The van der Waals surface area contributed by atoms with Crippen molar-refractivity contribution in [3.63, 3.8) is 0 Å². The third-order valence-electron chi connectivity index (χ3n) is 5.62. The number of halogens is 1. The van der Waals surface area contributed by atoms with E-state index in [-0.39, 0.29) is 4.90 Å². The molecule has 2 aromatic carbocycles. The summed E-state index contributed by atoms with van der Waals surface area (Å²) in [5.41, 5.74) is 1.75. The molecule has 3 heterocycles. The summed E-state index contributed by atoms with van der Waals surface area (Å²) in [5.74, 6) is 0.770. The van der Waals surface area contributed by atoms with E-state index in [9.17, 15) is 8.42 Å². The summed E-state index contributed by atoms with van der Waals surface area (Å²) in [4.78, 5) is 11.1. The van der Waals surface area contributed by atoms with E-state index in [1.165, 1.54) is 6.20 Å². The van der Waals surface area contributed by atoms with Gasteiger partial charge in [-0.05, 0) is 41.8 Å². The molecule has 2 aromatic heterocycles. The van der Waals surface area contributed by atoms with Crippen molar-refractivity contribution in [1.29, 1.82) is 0 Å². The first-order chi connectivity index (χ1) is 16.0. The van der Waals surface area contributed by atoms with Gasteiger partial charge < -0.3 is 10.2 Å². The number of aromatic nitrogens is 2. The van der Waals surface area contributed by atoms with E-state index < -0.39 is 10.0 Å². The van der Waals surface area contributed by atoms with Crippen LogP contribution in [0.2, 0.25) is 5.02 Å². The highest BCUT2D eigenvalue weighted by atomic mass is 35.5. The molecule has 0 atom stereocenters. The van der Waals surface area contributed by atoms with Crippen LogP contribution in [-0.4, -0.2) is 44.6 Å². The second-order valence-electron chi connectivity index (χ2n) is 7.77. The summed E-state index contributed by atoms with van der Waals surface area (Å²) in [6.45, 7) is 3.45. The van der Waals surface area contributed by atoms with Crippen molar-refractivity contribution < 1.29 is 8.42 Å². The molecule has 0 radical (unpaired) electrons. The number of piperazine rings is 1. The predicted molar refractivity (Wildman–Crippen MR) is 132 cm³/mol. The molecule has 0 spiro atoms. The first-order valence-corrected chi connectivity index (χ1v) is 12.5. The molecule has 1 aliphatic rings. The van der Waals surface area contributed by atoms with E-state index in [0.717, 1.165) is 42.8 Å². The number of benzene rings is 2. The molecule has 0 bridgehead atoms. The van der Waals surface area contributed by atoms with Gasteiger partial charge in [-0.1, -0.05) is 35.9 Å². The number of hydrogen-bond donors (Lipinski definition) is 2. The quantitative estimate of drug-likeness (QED) is 0.447. The Hall–Kier alpha value is -3.20. The average molecular weight is 480 g/mol. The van der Waals surface area contributed by atoms with Gasteiger partial charge in [0.05, 0.1) is 10.7 Å². The molecule has 1 aliphatic heterocycles. The third-order valence-corrected chi connectivity index (χ3v) is 7.32. The maximum atomic E-state index is 13.0. The molecule has 33 heavy (non-hydrogen) atoms. The highest BCUT2D eigenvalue weighted by Gasteiger charge is 2.18. The van der Waals surface area contributed by atoms with Crippen LogP contribution in [-0.2, 0) is 10.0 Å². The van der Waals surface area contributed by atoms with E-state index in [1.807, 2.05) is 30.3 Å². The van der Waals surface area contributed by atoms with Crippen LogP contribution in [0, 0.1) is 0 Å². The Morgan fingerprint density at radius 1 is 0.970 bits per heavy atom. The highest BCUT2D eigenvalue weighted by Crippen LogP contribution is 2.34. The Bertz CT molecular complexity index is 1400. The first-order valence-electron chi connectivity index (χ1n) is 10.6. The largest absolute Gasteiger partial charge is 0.354 e. The normalized spacial score (nSPS) is 14.4. The van der Waals surface area contributed by atoms with Gasteiger partial charge in [0, 0.05) is 55.2 Å². The highest BCUT2D eigenvalue weighted by molar-refractivity contribution is 7.92. The fourth-order valence-electron chi connectivity index (χ4n) is 3.93. The number of nitrogens with one attached hydrogen (secondary N) is 2. The van der Waals surface area contributed by atoms with Crippen LogP contribution in [0.4, 0.5) is 11.5 Å². The summed E-state index contributed by atoms with van der Waals surface area (Å²) in [5, 5.41) is 5.75. The van der Waals surface area contributed by atoms with Crippen LogP contribution >= 0.6 is 11.6 Å². The van der Waals surface area contributed by atoms with Crippen LogP contribution in [0.15, 0.2) is 78.0 Å². The van der Waals surface area contributed by atoms with Gasteiger partial charge in [-0.25, -0.2) is 13.4 Å². The smallest absolute Gasteiger partial charge is 0.263 e. The minimum Gasteiger partial charge on any atom is -0.354 e. The van der Waals surface area contributed by atoms with Gasteiger partial charge in [0.15, 0.2) is 0 Å². The topological polar surface area (TPSA) is 87.2 Å². The Kier molecular flexibility index (Phi) is 5.88. The zero-order valence-corrected chi connectivity index (χ0v) is 19.3. The molecule has 0 saturated carbocycles. The van der Waals surface area contributed by atoms with Crippen LogP contribution in [0.5, 0.6) is 0 Å². The summed E-state index contributed by atoms with van der Waals surface area (Å²) in [6.07, 6.45) is 3.11. The maximum Gasteiger partial charge on any atom is 0.263 e. The molecule has 0 unspecified atom stereocenters. The number of rotatable bonds is 5. The van der Waals surface area contributed by atoms with Gasteiger partial charge in [0.25, 0.3) is 10.0 Å². The average Bonchev–Trinajstić information content (AvgIpc) is 2.85. The molecule has 5 rings (SSSR count). The summed E-state index contributed by atoms with van der Waals surface area (Å²) in [7, 11) is -3.82. The van der Waals surface area contributed by atoms with Crippen molar-refractivity contribution in [3.8, 4) is 11.3 Å². The van der Waals surface area contributed by atoms with Gasteiger partial charge in [0.2, 0.25) is 0 Å². The number of fused-ring (bicyclic) bond motifs is 1. The molecule has 168 valence electrons. The van der Waals surface area contributed by atoms with Crippen molar-refractivity contribution in [3.05, 3.63) is 78.1 Å². The Morgan fingerprint density at radius 3 is 2.58 bits per heavy atom. The lowest BCUT2D eigenvalue weighted by Crippen LogP contribution is -2.43. The molecule has 4 aromatic rings. The van der Waals surface area contributed by atoms with Gasteiger partial charge >= 0.3 is 0 Å². The van der Waals surface area contributed by atoms with Crippen LogP contribution < -0.4 is 14.9 Å². The molecule has 0 amide bonds. The standard InChI is InChI=1S/C24H22ClN5O2S/c25-22-7-5-18(15-21(22)24-20-4-2-1-3-17(20)9-10-27-24)29-33(31,32)19-6-8-23(28-16-19)30-13-11-26-12-14-30/h1-10,15-16,26,29H,11-14H2. The molecular formula is C24H22ClN5O2S. The van der Waals surface area contributed by atoms with Crippen molar-refractivity contribution in [2.24, 2.45) is 0 Å². The Labute approximate surface area is 197 Å². The monoisotopic (exact) mass is 479 g/mol. The molecule has 2 N–H and O–H groups in total. The number of pyridine rings is 2. The minimum atomic E-state index is -3.82. The van der Waals surface area contributed by atoms with E-state index in [4.69, 9.17) is 11.6 Å². The Balaban J connectivity index is 1.43. The molecule has 9 heteroatoms. The second-order valence-corrected chi connectivity index (χ2v) is 9.86. The van der Waals surface area contributed by atoms with E-state index in [1.54, 1.807) is 36.5 Å².